The smallest absolute Gasteiger partial charge is 0.309 e. The van der Waals surface area contributed by atoms with Crippen LogP contribution in [0.2, 0.25) is 0 Å². The molecule has 200 valence electrons. The summed E-state index contributed by atoms with van der Waals surface area (Å²) in [6.07, 6.45) is 0. The number of carboxylic acids is 1. The van der Waals surface area contributed by atoms with Gasteiger partial charge in [0.25, 0.3) is 0 Å². The molecule has 1 N–H and O–H groups in total. The summed E-state index contributed by atoms with van der Waals surface area (Å²) in [4.78, 5) is 29.8. The molecule has 10 nitrogen and oxygen atoms in total. The fraction of sp³-hybridized carbons (Fsp3) is 0.481. The van der Waals surface area contributed by atoms with Crippen molar-refractivity contribution in [3.05, 3.63) is 53.6 Å². The van der Waals surface area contributed by atoms with Gasteiger partial charge in [-0.05, 0) is 35.4 Å². The van der Waals surface area contributed by atoms with Gasteiger partial charge in [-0.3, -0.25) is 14.5 Å². The zero-order chi connectivity index (χ0) is 26.4. The number of nitrogens with zero attached hydrogens (tertiary/aromatic N) is 2. The van der Waals surface area contributed by atoms with Crippen LogP contribution in [0.1, 0.15) is 23.1 Å². The number of hydrogen-bond acceptors (Lipinski definition) is 8. The monoisotopic (exact) mass is 514 g/mol. The van der Waals surface area contributed by atoms with Gasteiger partial charge in [-0.15, -0.1) is 0 Å². The van der Waals surface area contributed by atoms with Crippen molar-refractivity contribution < 1.29 is 38.4 Å². The number of carbonyl (C=O) groups is 2. The summed E-state index contributed by atoms with van der Waals surface area (Å²) in [6, 6.07) is 12.4. The predicted octanol–water partition coefficient (Wildman–Crippen LogP) is 2.39. The molecule has 1 saturated heterocycles. The Balaban J connectivity index is 1.67. The minimum Gasteiger partial charge on any atom is -0.497 e. The second-order valence-corrected chi connectivity index (χ2v) is 9.10. The van der Waals surface area contributed by atoms with Crippen LogP contribution in [-0.2, 0) is 19.1 Å². The van der Waals surface area contributed by atoms with Crippen molar-refractivity contribution in [1.29, 1.82) is 0 Å². The molecule has 0 saturated carbocycles. The third-order valence-corrected chi connectivity index (χ3v) is 6.99. The van der Waals surface area contributed by atoms with Crippen molar-refractivity contribution in [2.75, 3.05) is 67.5 Å². The highest BCUT2D eigenvalue weighted by molar-refractivity contribution is 5.79. The Kier molecular flexibility index (Phi) is 8.86. The number of ether oxygens (including phenoxy) is 5. The summed E-state index contributed by atoms with van der Waals surface area (Å²) in [6.45, 7) is 2.24. The van der Waals surface area contributed by atoms with Crippen LogP contribution in [0.15, 0.2) is 42.5 Å². The summed E-state index contributed by atoms with van der Waals surface area (Å²) in [7, 11) is 4.76. The zero-order valence-corrected chi connectivity index (χ0v) is 21.4. The maximum absolute atomic E-state index is 13.4. The second kappa shape index (κ2) is 12.3. The molecule has 10 heteroatoms. The van der Waals surface area contributed by atoms with E-state index in [2.05, 4.69) is 0 Å². The average Bonchev–Trinajstić information content (AvgIpc) is 3.53. The highest BCUT2D eigenvalue weighted by Crippen LogP contribution is 2.47. The Labute approximate surface area is 216 Å². The van der Waals surface area contributed by atoms with Gasteiger partial charge in [-0.1, -0.05) is 18.2 Å². The maximum Gasteiger partial charge on any atom is 0.309 e. The average molecular weight is 515 g/mol. The molecule has 2 aliphatic rings. The number of carbonyl (C=O) groups excluding carboxylic acids is 1. The number of aliphatic carboxylic acids is 1. The molecule has 1 fully saturated rings. The molecule has 0 spiro atoms. The molecule has 0 aliphatic carbocycles. The Morgan fingerprint density at radius 3 is 2.24 bits per heavy atom. The quantitative estimate of drug-likeness (QED) is 0.457. The van der Waals surface area contributed by atoms with E-state index in [0.29, 0.717) is 50.1 Å². The first-order valence-electron chi connectivity index (χ1n) is 12.2. The number of likely N-dealkylation sites (tertiary alicyclic amines) is 1. The Morgan fingerprint density at radius 2 is 1.62 bits per heavy atom. The molecular weight excluding hydrogens is 480 g/mol. The molecule has 0 unspecified atom stereocenters. The lowest BCUT2D eigenvalue weighted by atomic mass is 9.82. The number of benzene rings is 2. The van der Waals surface area contributed by atoms with Crippen LogP contribution in [0.4, 0.5) is 0 Å². The summed E-state index contributed by atoms with van der Waals surface area (Å²) in [5.41, 5.74) is 1.64. The van der Waals surface area contributed by atoms with Gasteiger partial charge in [0, 0.05) is 45.8 Å². The number of carboxylic acid groups (broad SMARTS) is 1. The minimum absolute atomic E-state index is 0.0644. The maximum atomic E-state index is 13.4. The normalized spacial score (nSPS) is 20.7. The van der Waals surface area contributed by atoms with Crippen LogP contribution in [0.25, 0.3) is 0 Å². The van der Waals surface area contributed by atoms with Gasteiger partial charge in [0.15, 0.2) is 11.5 Å². The molecule has 4 rings (SSSR count). The first-order valence-corrected chi connectivity index (χ1v) is 12.2. The number of rotatable bonds is 12. The molecule has 2 heterocycles. The Bertz CT molecular complexity index is 1070. The SMILES string of the molecule is COCCN(CCOC)C(=O)CN1C[C@@H](c2ccc3c(c2)OCO3)[C@H](C(=O)O)[C@H]1c1ccc(OC)cc1. The summed E-state index contributed by atoms with van der Waals surface area (Å²) < 4.78 is 26.6. The van der Waals surface area contributed by atoms with Crippen LogP contribution in [-0.4, -0.2) is 94.3 Å². The molecule has 0 radical (unpaired) electrons. The Hall–Kier alpha value is -3.34. The van der Waals surface area contributed by atoms with Crippen LogP contribution < -0.4 is 14.2 Å². The van der Waals surface area contributed by atoms with Crippen molar-refractivity contribution >= 4 is 11.9 Å². The van der Waals surface area contributed by atoms with Gasteiger partial charge < -0.3 is 33.7 Å². The van der Waals surface area contributed by atoms with Crippen molar-refractivity contribution in [3.63, 3.8) is 0 Å². The molecule has 0 aromatic heterocycles. The summed E-state index contributed by atoms with van der Waals surface area (Å²) in [5.74, 6) is -0.265. The van der Waals surface area contributed by atoms with E-state index in [-0.39, 0.29) is 25.2 Å². The number of fused-ring (bicyclic) bond motifs is 1. The van der Waals surface area contributed by atoms with E-state index in [1.165, 1.54) is 0 Å². The molecule has 2 aliphatic heterocycles. The highest BCUT2D eigenvalue weighted by Gasteiger charge is 2.48. The number of methoxy groups -OCH3 is 3. The number of amides is 1. The third-order valence-electron chi connectivity index (χ3n) is 6.99. The van der Waals surface area contributed by atoms with E-state index in [0.717, 1.165) is 11.1 Å². The molecule has 37 heavy (non-hydrogen) atoms. The fourth-order valence-electron chi connectivity index (χ4n) is 5.11. The van der Waals surface area contributed by atoms with Gasteiger partial charge in [0.2, 0.25) is 12.7 Å². The van der Waals surface area contributed by atoms with E-state index >= 15 is 0 Å². The Morgan fingerprint density at radius 1 is 0.973 bits per heavy atom. The lowest BCUT2D eigenvalue weighted by Crippen LogP contribution is -2.43. The minimum atomic E-state index is -0.922. The first-order chi connectivity index (χ1) is 18.0. The topological polar surface area (TPSA) is 107 Å². The standard InChI is InChI=1S/C27H34N2O8/c1-33-12-10-28(11-13-34-2)24(30)16-29-15-21(19-6-9-22-23(14-19)37-17-36-22)25(27(31)32)26(29)18-4-7-20(35-3)8-5-18/h4-9,14,21,25-26H,10-13,15-17H2,1-3H3,(H,31,32)/t21-,25-,26+/m0/s1. The van der Waals surface area contributed by atoms with Crippen molar-refractivity contribution in [2.24, 2.45) is 5.92 Å². The molecule has 0 bridgehead atoms. The van der Waals surface area contributed by atoms with Gasteiger partial charge in [-0.2, -0.15) is 0 Å². The van der Waals surface area contributed by atoms with Crippen LogP contribution in [0.3, 0.4) is 0 Å². The molecule has 3 atom stereocenters. The molecular formula is C27H34N2O8. The first kappa shape index (κ1) is 26.7. The van der Waals surface area contributed by atoms with Crippen molar-refractivity contribution in [2.45, 2.75) is 12.0 Å². The van der Waals surface area contributed by atoms with E-state index in [4.69, 9.17) is 23.7 Å². The van der Waals surface area contributed by atoms with E-state index in [1.807, 2.05) is 47.4 Å². The number of hydrogen-bond donors (Lipinski definition) is 1. The highest BCUT2D eigenvalue weighted by atomic mass is 16.7. The lowest BCUT2D eigenvalue weighted by Gasteiger charge is -2.30. The second-order valence-electron chi connectivity index (χ2n) is 9.10. The van der Waals surface area contributed by atoms with Gasteiger partial charge in [0.05, 0.1) is 32.8 Å². The molecule has 2 aromatic rings. The van der Waals surface area contributed by atoms with Gasteiger partial charge in [0.1, 0.15) is 5.75 Å². The summed E-state index contributed by atoms with van der Waals surface area (Å²) in [5, 5.41) is 10.4. The van der Waals surface area contributed by atoms with Crippen LogP contribution in [0.5, 0.6) is 17.2 Å². The largest absolute Gasteiger partial charge is 0.497 e. The molecule has 1 amide bonds. The van der Waals surface area contributed by atoms with Crippen molar-refractivity contribution in [1.82, 2.24) is 9.80 Å². The van der Waals surface area contributed by atoms with Crippen LogP contribution >= 0.6 is 0 Å². The predicted molar refractivity (Wildman–Crippen MR) is 134 cm³/mol. The fourth-order valence-corrected chi connectivity index (χ4v) is 5.11. The third kappa shape index (κ3) is 5.98. The molecule has 2 aromatic carbocycles. The van der Waals surface area contributed by atoms with E-state index in [1.54, 1.807) is 26.2 Å². The van der Waals surface area contributed by atoms with Crippen molar-refractivity contribution in [3.8, 4) is 17.2 Å². The van der Waals surface area contributed by atoms with Crippen LogP contribution in [0, 0.1) is 5.92 Å². The lowest BCUT2D eigenvalue weighted by molar-refractivity contribution is -0.144. The van der Waals surface area contributed by atoms with E-state index < -0.39 is 17.9 Å². The van der Waals surface area contributed by atoms with Gasteiger partial charge >= 0.3 is 5.97 Å². The zero-order valence-electron chi connectivity index (χ0n) is 21.4. The van der Waals surface area contributed by atoms with Gasteiger partial charge in [-0.25, -0.2) is 0 Å². The van der Waals surface area contributed by atoms with E-state index in [9.17, 15) is 14.7 Å². The summed E-state index contributed by atoms with van der Waals surface area (Å²) >= 11 is 0.